The van der Waals surface area contributed by atoms with Gasteiger partial charge < -0.3 is 5.32 Å². The van der Waals surface area contributed by atoms with E-state index in [0.29, 0.717) is 11.7 Å². The number of benzene rings is 2. The molecule has 1 N–H and O–H groups in total. The van der Waals surface area contributed by atoms with E-state index in [0.717, 1.165) is 17.7 Å². The van der Waals surface area contributed by atoms with Crippen LogP contribution in [0.4, 0.5) is 5.82 Å². The third-order valence-electron chi connectivity index (χ3n) is 4.85. The predicted octanol–water partition coefficient (Wildman–Crippen LogP) is 3.79. The quantitative estimate of drug-likeness (QED) is 0.796. The van der Waals surface area contributed by atoms with Gasteiger partial charge in [0.15, 0.2) is 5.82 Å². The van der Waals surface area contributed by atoms with Crippen molar-refractivity contribution < 1.29 is 4.79 Å². The maximum atomic E-state index is 12.9. The Morgan fingerprint density at radius 3 is 2.33 bits per heavy atom. The molecule has 4 rings (SSSR count). The molecule has 0 bridgehead atoms. The van der Waals surface area contributed by atoms with Gasteiger partial charge in [-0.2, -0.15) is 5.10 Å². The van der Waals surface area contributed by atoms with Crippen molar-refractivity contribution in [2.24, 2.45) is 5.92 Å². The van der Waals surface area contributed by atoms with Crippen LogP contribution in [0.5, 0.6) is 0 Å². The van der Waals surface area contributed by atoms with Crippen molar-refractivity contribution in [2.75, 3.05) is 5.32 Å². The van der Waals surface area contributed by atoms with E-state index in [4.69, 9.17) is 0 Å². The topological polar surface area (TPSA) is 46.9 Å². The van der Waals surface area contributed by atoms with Gasteiger partial charge in [0.05, 0.1) is 11.1 Å². The minimum absolute atomic E-state index is 0.0273. The van der Waals surface area contributed by atoms with E-state index in [-0.39, 0.29) is 5.91 Å². The smallest absolute Gasteiger partial charge is 0.236 e. The van der Waals surface area contributed by atoms with Gasteiger partial charge in [-0.15, -0.1) is 0 Å². The number of carbonyl (C=O) groups is 1. The number of nitrogens with one attached hydrogen (secondary N) is 1. The molecular formula is C20H19N3O. The first-order valence-corrected chi connectivity index (χ1v) is 8.18. The second-order valence-corrected chi connectivity index (χ2v) is 6.38. The zero-order chi connectivity index (χ0) is 16.6. The lowest BCUT2D eigenvalue weighted by Gasteiger charge is -2.16. The summed E-state index contributed by atoms with van der Waals surface area (Å²) >= 11 is 0. The Bertz CT molecular complexity index is 857. The molecule has 1 saturated carbocycles. The molecule has 0 radical (unpaired) electrons. The largest absolute Gasteiger partial charge is 0.308 e. The Labute approximate surface area is 141 Å². The zero-order valence-electron chi connectivity index (χ0n) is 13.5. The van der Waals surface area contributed by atoms with Crippen LogP contribution in [0, 0.1) is 5.92 Å². The van der Waals surface area contributed by atoms with Gasteiger partial charge in [0.25, 0.3) is 0 Å². The highest BCUT2D eigenvalue weighted by molar-refractivity contribution is 6.01. The summed E-state index contributed by atoms with van der Waals surface area (Å²) in [6, 6.07) is 21.7. The number of amides is 1. The van der Waals surface area contributed by atoms with Crippen LogP contribution in [0.1, 0.15) is 18.9 Å². The fraction of sp³-hybridized carbons (Fsp3) is 0.200. The number of para-hydroxylation sites is 1. The van der Waals surface area contributed by atoms with Gasteiger partial charge in [0, 0.05) is 12.3 Å². The van der Waals surface area contributed by atoms with E-state index in [2.05, 4.69) is 17.3 Å². The summed E-state index contributed by atoms with van der Waals surface area (Å²) in [5.74, 6) is 0.953. The standard InChI is InChI=1S/C20H19N3O/c1-15-14-20(15,16-8-4-2-5-9-16)19(24)21-18-12-13-23(22-18)17-10-6-3-7-11-17/h2-13,15H,14H2,1H3,(H,21,22,24). The monoisotopic (exact) mass is 317 g/mol. The SMILES string of the molecule is CC1CC1(C(=O)Nc1ccn(-c2ccccc2)n1)c1ccccc1. The van der Waals surface area contributed by atoms with Crippen molar-refractivity contribution in [3.8, 4) is 5.69 Å². The van der Waals surface area contributed by atoms with E-state index in [1.807, 2.05) is 72.9 Å². The molecule has 1 aromatic heterocycles. The first-order chi connectivity index (χ1) is 11.7. The van der Waals surface area contributed by atoms with Crippen molar-refractivity contribution in [3.63, 3.8) is 0 Å². The van der Waals surface area contributed by atoms with E-state index in [1.54, 1.807) is 4.68 Å². The number of hydrogen-bond acceptors (Lipinski definition) is 2. The fourth-order valence-electron chi connectivity index (χ4n) is 3.35. The van der Waals surface area contributed by atoms with Gasteiger partial charge in [-0.1, -0.05) is 55.5 Å². The van der Waals surface area contributed by atoms with E-state index >= 15 is 0 Å². The average Bonchev–Trinajstić information content (AvgIpc) is 3.10. The first-order valence-electron chi connectivity index (χ1n) is 8.18. The van der Waals surface area contributed by atoms with Crippen LogP contribution in [0.25, 0.3) is 5.69 Å². The van der Waals surface area contributed by atoms with Crippen molar-refractivity contribution in [2.45, 2.75) is 18.8 Å². The highest BCUT2D eigenvalue weighted by atomic mass is 16.2. The van der Waals surface area contributed by atoms with Crippen molar-refractivity contribution in [1.29, 1.82) is 0 Å². The van der Waals surface area contributed by atoms with Crippen LogP contribution in [-0.4, -0.2) is 15.7 Å². The van der Waals surface area contributed by atoms with Crippen molar-refractivity contribution >= 4 is 11.7 Å². The average molecular weight is 317 g/mol. The van der Waals surface area contributed by atoms with Crippen LogP contribution in [0.15, 0.2) is 72.9 Å². The Morgan fingerprint density at radius 2 is 1.71 bits per heavy atom. The van der Waals surface area contributed by atoms with Crippen LogP contribution < -0.4 is 5.32 Å². The Hall–Kier alpha value is -2.88. The maximum Gasteiger partial charge on any atom is 0.236 e. The third kappa shape index (κ3) is 2.40. The molecule has 1 heterocycles. The molecule has 1 aliphatic rings. The summed E-state index contributed by atoms with van der Waals surface area (Å²) in [7, 11) is 0. The lowest BCUT2D eigenvalue weighted by Crippen LogP contribution is -2.29. The van der Waals surface area contributed by atoms with Crippen molar-refractivity contribution in [1.82, 2.24) is 9.78 Å². The molecule has 1 fully saturated rings. The molecule has 24 heavy (non-hydrogen) atoms. The van der Waals surface area contributed by atoms with Crippen LogP contribution in [-0.2, 0) is 10.2 Å². The summed E-state index contributed by atoms with van der Waals surface area (Å²) in [4.78, 5) is 12.9. The minimum Gasteiger partial charge on any atom is -0.308 e. The van der Waals surface area contributed by atoms with Crippen LogP contribution in [0.3, 0.4) is 0 Å². The van der Waals surface area contributed by atoms with Gasteiger partial charge in [0.1, 0.15) is 0 Å². The summed E-state index contributed by atoms with van der Waals surface area (Å²) in [6.07, 6.45) is 2.73. The summed E-state index contributed by atoms with van der Waals surface area (Å²) in [5.41, 5.74) is 1.63. The predicted molar refractivity (Wildman–Crippen MR) is 94.1 cm³/mol. The van der Waals surface area contributed by atoms with Crippen LogP contribution in [0.2, 0.25) is 0 Å². The van der Waals surface area contributed by atoms with Crippen LogP contribution >= 0.6 is 0 Å². The zero-order valence-corrected chi connectivity index (χ0v) is 13.5. The Morgan fingerprint density at radius 1 is 1.08 bits per heavy atom. The first kappa shape index (κ1) is 14.7. The lowest BCUT2D eigenvalue weighted by molar-refractivity contribution is -0.118. The fourth-order valence-corrected chi connectivity index (χ4v) is 3.35. The molecule has 0 spiro atoms. The van der Waals surface area contributed by atoms with E-state index in [1.165, 1.54) is 0 Å². The molecule has 3 aromatic rings. The van der Waals surface area contributed by atoms with E-state index in [9.17, 15) is 4.79 Å². The molecule has 2 aromatic carbocycles. The number of anilines is 1. The van der Waals surface area contributed by atoms with E-state index < -0.39 is 5.41 Å². The number of aromatic nitrogens is 2. The molecule has 1 amide bonds. The molecule has 2 atom stereocenters. The molecule has 0 aliphatic heterocycles. The van der Waals surface area contributed by atoms with Gasteiger partial charge in [-0.05, 0) is 30.0 Å². The number of carbonyl (C=O) groups excluding carboxylic acids is 1. The molecule has 1 aliphatic carbocycles. The number of nitrogens with zero attached hydrogens (tertiary/aromatic N) is 2. The Balaban J connectivity index is 1.56. The number of rotatable bonds is 4. The van der Waals surface area contributed by atoms with Gasteiger partial charge in [-0.25, -0.2) is 4.68 Å². The van der Waals surface area contributed by atoms with Gasteiger partial charge in [0.2, 0.25) is 5.91 Å². The molecular weight excluding hydrogens is 298 g/mol. The minimum atomic E-state index is -0.419. The molecule has 120 valence electrons. The highest BCUT2D eigenvalue weighted by Crippen LogP contribution is 2.54. The van der Waals surface area contributed by atoms with Crippen molar-refractivity contribution in [3.05, 3.63) is 78.5 Å². The second-order valence-electron chi connectivity index (χ2n) is 6.38. The highest BCUT2D eigenvalue weighted by Gasteiger charge is 2.58. The summed E-state index contributed by atoms with van der Waals surface area (Å²) < 4.78 is 1.77. The molecule has 0 saturated heterocycles. The number of hydrogen-bond donors (Lipinski definition) is 1. The molecule has 2 unspecified atom stereocenters. The molecule has 4 heteroatoms. The maximum absolute atomic E-state index is 12.9. The third-order valence-corrected chi connectivity index (χ3v) is 4.85. The summed E-state index contributed by atoms with van der Waals surface area (Å²) in [6.45, 7) is 2.12. The van der Waals surface area contributed by atoms with Gasteiger partial charge in [-0.3, -0.25) is 4.79 Å². The molecule has 4 nitrogen and oxygen atoms in total. The van der Waals surface area contributed by atoms with Gasteiger partial charge >= 0.3 is 0 Å². The lowest BCUT2D eigenvalue weighted by atomic mass is 9.92. The second kappa shape index (κ2) is 5.64. The normalized spacial score (nSPS) is 22.1. The Kier molecular flexibility index (Phi) is 3.45. The summed E-state index contributed by atoms with van der Waals surface area (Å²) in [5, 5.41) is 7.46.